The van der Waals surface area contributed by atoms with E-state index in [2.05, 4.69) is 66.2 Å². The first-order valence-electron chi connectivity index (χ1n) is 9.23. The third kappa shape index (κ3) is 5.60. The van der Waals surface area contributed by atoms with Gasteiger partial charge in [0.1, 0.15) is 0 Å². The van der Waals surface area contributed by atoms with Gasteiger partial charge in [-0.05, 0) is 39.2 Å². The van der Waals surface area contributed by atoms with E-state index >= 15 is 0 Å². The Morgan fingerprint density at radius 2 is 1.79 bits per heavy atom. The Bertz CT molecular complexity index is 507. The van der Waals surface area contributed by atoms with Gasteiger partial charge in [0.05, 0.1) is 6.04 Å². The molecule has 0 aliphatic carbocycles. The minimum Gasteiger partial charge on any atom is -0.350 e. The molecule has 134 valence electrons. The van der Waals surface area contributed by atoms with Crippen LogP contribution in [0.4, 0.5) is 0 Å². The summed E-state index contributed by atoms with van der Waals surface area (Å²) in [5.41, 5.74) is 1.28. The molecule has 0 spiro atoms. The summed E-state index contributed by atoms with van der Waals surface area (Å²) in [6.45, 7) is 13.4. The number of carbonyl (C=O) groups is 1. The van der Waals surface area contributed by atoms with Gasteiger partial charge in [-0.2, -0.15) is 0 Å². The van der Waals surface area contributed by atoms with E-state index in [1.165, 1.54) is 5.56 Å². The quantitative estimate of drug-likeness (QED) is 0.834. The third-order valence-corrected chi connectivity index (χ3v) is 5.24. The number of nitrogens with one attached hydrogen (secondary N) is 1. The van der Waals surface area contributed by atoms with Crippen molar-refractivity contribution in [2.75, 3.05) is 32.7 Å². The molecule has 0 saturated carbocycles. The van der Waals surface area contributed by atoms with Gasteiger partial charge in [-0.3, -0.25) is 9.69 Å². The maximum Gasteiger partial charge on any atom is 0.237 e. The van der Waals surface area contributed by atoms with Gasteiger partial charge < -0.3 is 10.2 Å². The van der Waals surface area contributed by atoms with Crippen LogP contribution in [0.5, 0.6) is 0 Å². The molecular weight excluding hydrogens is 298 g/mol. The van der Waals surface area contributed by atoms with E-state index in [4.69, 9.17) is 0 Å². The normalized spacial score (nSPS) is 18.3. The summed E-state index contributed by atoms with van der Waals surface area (Å²) in [4.78, 5) is 17.3. The van der Waals surface area contributed by atoms with Crippen LogP contribution in [-0.4, -0.2) is 60.0 Å². The predicted molar refractivity (Wildman–Crippen MR) is 100 cm³/mol. The monoisotopic (exact) mass is 331 g/mol. The van der Waals surface area contributed by atoms with Gasteiger partial charge in [0.25, 0.3) is 0 Å². The number of carbonyl (C=O) groups excluding carboxylic acids is 1. The highest BCUT2D eigenvalue weighted by atomic mass is 16.2. The lowest BCUT2D eigenvalue weighted by Crippen LogP contribution is -2.56. The van der Waals surface area contributed by atoms with Gasteiger partial charge in [0, 0.05) is 38.3 Å². The Morgan fingerprint density at radius 3 is 2.38 bits per heavy atom. The molecule has 2 rings (SSSR count). The minimum atomic E-state index is -0.122. The third-order valence-electron chi connectivity index (χ3n) is 5.24. The fourth-order valence-corrected chi connectivity index (χ4v) is 3.00. The van der Waals surface area contributed by atoms with Crippen molar-refractivity contribution in [1.82, 2.24) is 15.1 Å². The van der Waals surface area contributed by atoms with Crippen molar-refractivity contribution in [1.29, 1.82) is 0 Å². The van der Waals surface area contributed by atoms with Crippen LogP contribution in [0, 0.1) is 0 Å². The summed E-state index contributed by atoms with van der Waals surface area (Å²) in [6, 6.07) is 10.6. The number of rotatable bonds is 7. The van der Waals surface area contributed by atoms with E-state index in [1.807, 2.05) is 6.92 Å². The molecule has 24 heavy (non-hydrogen) atoms. The first kappa shape index (κ1) is 18.9. The van der Waals surface area contributed by atoms with Gasteiger partial charge in [-0.25, -0.2) is 0 Å². The standard InChI is InChI=1S/C20H33N3O/c1-5-20(3,4)21-19(24)17(2)23-15-13-22(14-16-23)12-11-18-9-7-6-8-10-18/h6-10,17H,5,11-16H2,1-4H3,(H,21,24). The van der Waals surface area contributed by atoms with Crippen molar-refractivity contribution < 1.29 is 4.79 Å². The first-order chi connectivity index (χ1) is 11.4. The fraction of sp³-hybridized carbons (Fsp3) is 0.650. The van der Waals surface area contributed by atoms with Crippen LogP contribution < -0.4 is 5.32 Å². The van der Waals surface area contributed by atoms with Crippen LogP contribution in [0.3, 0.4) is 0 Å². The van der Waals surface area contributed by atoms with Crippen LogP contribution >= 0.6 is 0 Å². The van der Waals surface area contributed by atoms with Crippen molar-refractivity contribution in [2.45, 2.75) is 52.1 Å². The molecule has 1 aliphatic heterocycles. The second-order valence-corrected chi connectivity index (χ2v) is 7.52. The molecule has 1 N–H and O–H groups in total. The average Bonchev–Trinajstić information content (AvgIpc) is 2.60. The number of piperazine rings is 1. The average molecular weight is 332 g/mol. The summed E-state index contributed by atoms with van der Waals surface area (Å²) >= 11 is 0. The molecule has 0 radical (unpaired) electrons. The molecule has 1 aliphatic rings. The lowest BCUT2D eigenvalue weighted by Gasteiger charge is -2.38. The number of amides is 1. The molecule has 4 heteroatoms. The number of benzene rings is 1. The van der Waals surface area contributed by atoms with Crippen molar-refractivity contribution in [3.63, 3.8) is 0 Å². The lowest BCUT2D eigenvalue weighted by atomic mass is 10.0. The van der Waals surface area contributed by atoms with Crippen molar-refractivity contribution in [3.8, 4) is 0 Å². The van der Waals surface area contributed by atoms with Gasteiger partial charge in [-0.15, -0.1) is 0 Å². The maximum absolute atomic E-state index is 12.4. The predicted octanol–water partition coefficient (Wildman–Crippen LogP) is 2.54. The maximum atomic E-state index is 12.4. The smallest absolute Gasteiger partial charge is 0.237 e. The number of nitrogens with zero attached hydrogens (tertiary/aromatic N) is 2. The van der Waals surface area contributed by atoms with Crippen LogP contribution in [0.1, 0.15) is 39.7 Å². The molecule has 1 atom stereocenters. The molecule has 0 bridgehead atoms. The number of hydrogen-bond acceptors (Lipinski definition) is 3. The zero-order chi connectivity index (χ0) is 17.6. The van der Waals surface area contributed by atoms with E-state index in [0.29, 0.717) is 0 Å². The Labute approximate surface area is 147 Å². The van der Waals surface area contributed by atoms with Crippen molar-refractivity contribution in [2.24, 2.45) is 0 Å². The Hall–Kier alpha value is -1.39. The Kier molecular flexibility index (Phi) is 6.81. The van der Waals surface area contributed by atoms with E-state index in [1.54, 1.807) is 0 Å². The van der Waals surface area contributed by atoms with Gasteiger partial charge >= 0.3 is 0 Å². The molecule has 1 unspecified atom stereocenters. The summed E-state index contributed by atoms with van der Waals surface area (Å²) in [6.07, 6.45) is 2.04. The lowest BCUT2D eigenvalue weighted by molar-refractivity contribution is -0.128. The summed E-state index contributed by atoms with van der Waals surface area (Å²) in [7, 11) is 0. The second kappa shape index (κ2) is 8.63. The van der Waals surface area contributed by atoms with Gasteiger partial charge in [0.15, 0.2) is 0 Å². The summed E-state index contributed by atoms with van der Waals surface area (Å²) in [5, 5.41) is 3.17. The van der Waals surface area contributed by atoms with E-state index in [9.17, 15) is 4.79 Å². The molecule has 4 nitrogen and oxygen atoms in total. The largest absolute Gasteiger partial charge is 0.350 e. The SMILES string of the molecule is CCC(C)(C)NC(=O)C(C)N1CCN(CCc2ccccc2)CC1. The van der Waals surface area contributed by atoms with Gasteiger partial charge in [0.2, 0.25) is 5.91 Å². The Balaban J connectivity index is 1.74. The van der Waals surface area contributed by atoms with Crippen molar-refractivity contribution in [3.05, 3.63) is 35.9 Å². The van der Waals surface area contributed by atoms with E-state index in [0.717, 1.165) is 45.6 Å². The van der Waals surface area contributed by atoms with Gasteiger partial charge in [-0.1, -0.05) is 37.3 Å². The van der Waals surface area contributed by atoms with Crippen LogP contribution in [0.25, 0.3) is 0 Å². The van der Waals surface area contributed by atoms with Crippen LogP contribution in [-0.2, 0) is 11.2 Å². The highest BCUT2D eigenvalue weighted by Crippen LogP contribution is 2.11. The highest BCUT2D eigenvalue weighted by molar-refractivity contribution is 5.82. The molecule has 1 fully saturated rings. The topological polar surface area (TPSA) is 35.6 Å². The first-order valence-corrected chi connectivity index (χ1v) is 9.23. The van der Waals surface area contributed by atoms with E-state index in [-0.39, 0.29) is 17.5 Å². The molecule has 1 heterocycles. The summed E-state index contributed by atoms with van der Waals surface area (Å²) < 4.78 is 0. The number of hydrogen-bond donors (Lipinski definition) is 1. The molecule has 1 amide bonds. The van der Waals surface area contributed by atoms with Crippen LogP contribution in [0.2, 0.25) is 0 Å². The zero-order valence-electron chi connectivity index (χ0n) is 15.7. The van der Waals surface area contributed by atoms with Crippen LogP contribution in [0.15, 0.2) is 30.3 Å². The minimum absolute atomic E-state index is 0.0490. The zero-order valence-corrected chi connectivity index (χ0v) is 15.7. The molecular formula is C20H33N3O. The fourth-order valence-electron chi connectivity index (χ4n) is 3.00. The molecule has 0 aromatic heterocycles. The van der Waals surface area contributed by atoms with Crippen molar-refractivity contribution >= 4 is 5.91 Å². The second-order valence-electron chi connectivity index (χ2n) is 7.52. The highest BCUT2D eigenvalue weighted by Gasteiger charge is 2.28. The molecule has 1 aromatic carbocycles. The molecule has 1 aromatic rings. The molecule has 1 saturated heterocycles. The summed E-state index contributed by atoms with van der Waals surface area (Å²) in [5.74, 6) is 0.152. The Morgan fingerprint density at radius 1 is 1.17 bits per heavy atom. The van der Waals surface area contributed by atoms with E-state index < -0.39 is 0 Å².